The molecular formula is C17H25NO3. The highest BCUT2D eigenvalue weighted by Crippen LogP contribution is 2.24. The average molecular weight is 291 g/mol. The molecule has 2 atom stereocenters. The van der Waals surface area contributed by atoms with Gasteiger partial charge in [0.2, 0.25) is 5.91 Å². The van der Waals surface area contributed by atoms with Crippen LogP contribution in [0, 0.1) is 0 Å². The summed E-state index contributed by atoms with van der Waals surface area (Å²) in [6, 6.07) is 9.87. The van der Waals surface area contributed by atoms with Crippen molar-refractivity contribution in [3.05, 3.63) is 35.9 Å². The molecule has 4 nitrogen and oxygen atoms in total. The van der Waals surface area contributed by atoms with Gasteiger partial charge in [-0.15, -0.1) is 0 Å². The summed E-state index contributed by atoms with van der Waals surface area (Å²) in [5.74, 6) is -0.905. The number of amides is 1. The van der Waals surface area contributed by atoms with Gasteiger partial charge in [-0.3, -0.25) is 9.59 Å². The summed E-state index contributed by atoms with van der Waals surface area (Å²) in [7, 11) is 0. The molecule has 0 fully saturated rings. The standard InChI is InChI=1S/C17H25NO3/c1-4-13(3)18(12-17(20)21)16(19)11-14(5-2)15-9-7-6-8-10-15/h6-10,13-14H,4-5,11-12H2,1-3H3,(H,20,21). The van der Waals surface area contributed by atoms with Crippen molar-refractivity contribution >= 4 is 11.9 Å². The molecule has 0 aliphatic rings. The Bertz CT molecular complexity index is 458. The molecule has 2 unspecified atom stereocenters. The first kappa shape index (κ1) is 17.2. The van der Waals surface area contributed by atoms with Gasteiger partial charge in [-0.05, 0) is 31.2 Å². The van der Waals surface area contributed by atoms with Gasteiger partial charge in [0, 0.05) is 12.5 Å². The molecule has 0 spiro atoms. The lowest BCUT2D eigenvalue weighted by molar-refractivity contribution is -0.146. The van der Waals surface area contributed by atoms with Crippen LogP contribution in [0.2, 0.25) is 0 Å². The number of carbonyl (C=O) groups is 2. The van der Waals surface area contributed by atoms with Crippen molar-refractivity contribution in [3.8, 4) is 0 Å². The minimum Gasteiger partial charge on any atom is -0.480 e. The lowest BCUT2D eigenvalue weighted by Crippen LogP contribution is -2.42. The number of carboxylic acid groups (broad SMARTS) is 1. The Balaban J connectivity index is 2.81. The molecule has 1 amide bonds. The zero-order valence-electron chi connectivity index (χ0n) is 13.1. The van der Waals surface area contributed by atoms with E-state index in [1.807, 2.05) is 44.2 Å². The maximum absolute atomic E-state index is 12.5. The maximum atomic E-state index is 12.5. The lowest BCUT2D eigenvalue weighted by Gasteiger charge is -2.28. The van der Waals surface area contributed by atoms with Crippen molar-refractivity contribution in [2.45, 2.75) is 52.0 Å². The van der Waals surface area contributed by atoms with Crippen LogP contribution < -0.4 is 0 Å². The molecule has 1 N–H and O–H groups in total. The van der Waals surface area contributed by atoms with Gasteiger partial charge in [0.25, 0.3) is 0 Å². The summed E-state index contributed by atoms with van der Waals surface area (Å²) in [4.78, 5) is 24.9. The number of benzene rings is 1. The van der Waals surface area contributed by atoms with E-state index in [2.05, 4.69) is 6.92 Å². The van der Waals surface area contributed by atoms with E-state index in [0.29, 0.717) is 6.42 Å². The molecule has 0 radical (unpaired) electrons. The zero-order chi connectivity index (χ0) is 15.8. The summed E-state index contributed by atoms with van der Waals surface area (Å²) in [5.41, 5.74) is 1.13. The largest absolute Gasteiger partial charge is 0.480 e. The molecule has 0 saturated heterocycles. The Morgan fingerprint density at radius 2 is 1.76 bits per heavy atom. The van der Waals surface area contributed by atoms with Crippen LogP contribution in [0.5, 0.6) is 0 Å². The number of carboxylic acids is 1. The minimum atomic E-state index is -0.962. The summed E-state index contributed by atoms with van der Waals surface area (Å²) < 4.78 is 0. The van der Waals surface area contributed by atoms with Gasteiger partial charge >= 0.3 is 5.97 Å². The summed E-state index contributed by atoms with van der Waals surface area (Å²) in [6.45, 7) is 5.68. The fourth-order valence-corrected chi connectivity index (χ4v) is 2.41. The monoisotopic (exact) mass is 291 g/mol. The Labute approximate surface area is 126 Å². The van der Waals surface area contributed by atoms with E-state index in [1.54, 1.807) is 0 Å². The molecule has 1 aromatic rings. The van der Waals surface area contributed by atoms with Gasteiger partial charge in [-0.25, -0.2) is 0 Å². The molecule has 0 heterocycles. The first-order valence-corrected chi connectivity index (χ1v) is 7.55. The highest BCUT2D eigenvalue weighted by Gasteiger charge is 2.24. The zero-order valence-corrected chi connectivity index (χ0v) is 13.1. The van der Waals surface area contributed by atoms with Crippen LogP contribution in [0.25, 0.3) is 0 Å². The second kappa shape index (κ2) is 8.45. The van der Waals surface area contributed by atoms with Crippen LogP contribution in [-0.4, -0.2) is 34.5 Å². The molecule has 21 heavy (non-hydrogen) atoms. The quantitative estimate of drug-likeness (QED) is 0.799. The van der Waals surface area contributed by atoms with Crippen molar-refractivity contribution in [3.63, 3.8) is 0 Å². The average Bonchev–Trinajstić information content (AvgIpc) is 2.49. The minimum absolute atomic E-state index is 0.0538. The number of nitrogens with zero attached hydrogens (tertiary/aromatic N) is 1. The molecular weight excluding hydrogens is 266 g/mol. The Hall–Kier alpha value is -1.84. The highest BCUT2D eigenvalue weighted by atomic mass is 16.4. The van der Waals surface area contributed by atoms with Crippen molar-refractivity contribution in [2.24, 2.45) is 0 Å². The SMILES string of the molecule is CCC(CC(=O)N(CC(=O)O)C(C)CC)c1ccccc1. The Kier molecular flexibility index (Phi) is 6.92. The first-order chi connectivity index (χ1) is 9.99. The third-order valence-corrected chi connectivity index (χ3v) is 3.93. The number of aliphatic carboxylic acids is 1. The smallest absolute Gasteiger partial charge is 0.323 e. The van der Waals surface area contributed by atoms with Crippen LogP contribution in [0.1, 0.15) is 51.5 Å². The van der Waals surface area contributed by atoms with Crippen molar-refractivity contribution < 1.29 is 14.7 Å². The summed E-state index contributed by atoms with van der Waals surface area (Å²) in [5, 5.41) is 8.99. The molecule has 0 aliphatic heterocycles. The molecule has 4 heteroatoms. The van der Waals surface area contributed by atoms with E-state index in [0.717, 1.165) is 18.4 Å². The van der Waals surface area contributed by atoms with Crippen LogP contribution in [0.4, 0.5) is 0 Å². The lowest BCUT2D eigenvalue weighted by atomic mass is 9.92. The number of carbonyl (C=O) groups excluding carboxylic acids is 1. The van der Waals surface area contributed by atoms with Crippen LogP contribution in [-0.2, 0) is 9.59 Å². The van der Waals surface area contributed by atoms with E-state index >= 15 is 0 Å². The van der Waals surface area contributed by atoms with Gasteiger partial charge in [0.1, 0.15) is 6.54 Å². The second-order valence-electron chi connectivity index (χ2n) is 5.39. The van der Waals surface area contributed by atoms with E-state index < -0.39 is 5.97 Å². The molecule has 0 bridgehead atoms. The molecule has 0 aromatic heterocycles. The normalized spacial score (nSPS) is 13.5. The van der Waals surface area contributed by atoms with Crippen molar-refractivity contribution in [1.29, 1.82) is 0 Å². The topological polar surface area (TPSA) is 57.6 Å². The maximum Gasteiger partial charge on any atom is 0.323 e. The molecule has 0 aliphatic carbocycles. The summed E-state index contributed by atoms with van der Waals surface area (Å²) >= 11 is 0. The second-order valence-corrected chi connectivity index (χ2v) is 5.39. The first-order valence-electron chi connectivity index (χ1n) is 7.55. The van der Waals surface area contributed by atoms with Gasteiger partial charge in [-0.2, -0.15) is 0 Å². The van der Waals surface area contributed by atoms with Crippen molar-refractivity contribution in [1.82, 2.24) is 4.90 Å². The number of hydrogen-bond donors (Lipinski definition) is 1. The van der Waals surface area contributed by atoms with Gasteiger partial charge in [0.15, 0.2) is 0 Å². The highest BCUT2D eigenvalue weighted by molar-refractivity contribution is 5.82. The van der Waals surface area contributed by atoms with Gasteiger partial charge < -0.3 is 10.0 Å². The van der Waals surface area contributed by atoms with E-state index in [4.69, 9.17) is 5.11 Å². The number of hydrogen-bond acceptors (Lipinski definition) is 2. The Morgan fingerprint density at radius 3 is 2.24 bits per heavy atom. The molecule has 0 saturated carbocycles. The summed E-state index contributed by atoms with van der Waals surface area (Å²) in [6.07, 6.45) is 1.97. The van der Waals surface area contributed by atoms with Crippen LogP contribution >= 0.6 is 0 Å². The van der Waals surface area contributed by atoms with Gasteiger partial charge in [-0.1, -0.05) is 44.2 Å². The molecule has 1 aromatic carbocycles. The number of rotatable bonds is 8. The van der Waals surface area contributed by atoms with E-state index in [9.17, 15) is 9.59 Å². The van der Waals surface area contributed by atoms with Crippen LogP contribution in [0.15, 0.2) is 30.3 Å². The molecule has 116 valence electrons. The third-order valence-electron chi connectivity index (χ3n) is 3.93. The van der Waals surface area contributed by atoms with Gasteiger partial charge in [0.05, 0.1) is 0 Å². The third kappa shape index (κ3) is 5.21. The predicted octanol–water partition coefficient (Wildman–Crippen LogP) is 3.28. The van der Waals surface area contributed by atoms with E-state index in [1.165, 1.54) is 4.90 Å². The fraction of sp³-hybridized carbons (Fsp3) is 0.529. The molecule has 1 rings (SSSR count). The predicted molar refractivity (Wildman–Crippen MR) is 83.2 cm³/mol. The van der Waals surface area contributed by atoms with E-state index in [-0.39, 0.29) is 24.4 Å². The Morgan fingerprint density at radius 1 is 1.14 bits per heavy atom. The fourth-order valence-electron chi connectivity index (χ4n) is 2.41. The van der Waals surface area contributed by atoms with Crippen molar-refractivity contribution in [2.75, 3.05) is 6.54 Å². The van der Waals surface area contributed by atoms with Crippen LogP contribution in [0.3, 0.4) is 0 Å².